The molecule has 104 valence electrons. The highest BCUT2D eigenvalue weighted by Gasteiger charge is 2.22. The minimum absolute atomic E-state index is 0.0202. The molecule has 2 amide bonds. The molecule has 0 bridgehead atoms. The molecule has 19 heavy (non-hydrogen) atoms. The molecule has 0 aliphatic carbocycles. The summed E-state index contributed by atoms with van der Waals surface area (Å²) in [5.74, 6) is -8.38. The van der Waals surface area contributed by atoms with Crippen molar-refractivity contribution >= 4 is 17.7 Å². The van der Waals surface area contributed by atoms with Crippen LogP contribution >= 0.6 is 0 Å². The number of aliphatic carboxylic acids is 1. The van der Waals surface area contributed by atoms with Crippen LogP contribution in [0.25, 0.3) is 0 Å². The van der Waals surface area contributed by atoms with Gasteiger partial charge in [-0.2, -0.15) is 0 Å². The molecule has 0 aliphatic rings. The van der Waals surface area contributed by atoms with Crippen LogP contribution in [-0.4, -0.2) is 23.1 Å². The fourth-order valence-corrected chi connectivity index (χ4v) is 1.09. The van der Waals surface area contributed by atoms with Crippen molar-refractivity contribution in [1.29, 1.82) is 0 Å². The molecule has 0 saturated heterocycles. The Balaban J connectivity index is 2.94. The number of nitrogens with one attached hydrogen (secondary N) is 2. The van der Waals surface area contributed by atoms with Gasteiger partial charge in [-0.15, -0.1) is 0 Å². The second-order valence-corrected chi connectivity index (χ2v) is 3.50. The number of carbonyl (C=O) groups is 2. The van der Waals surface area contributed by atoms with Gasteiger partial charge < -0.3 is 15.7 Å². The Morgan fingerprint density at radius 3 is 2.05 bits per heavy atom. The van der Waals surface area contributed by atoms with Crippen LogP contribution in [0.3, 0.4) is 0 Å². The average Bonchev–Trinajstić information content (AvgIpc) is 2.32. The Bertz CT molecular complexity index is 510. The Morgan fingerprint density at radius 1 is 1.16 bits per heavy atom. The number of rotatable bonds is 3. The van der Waals surface area contributed by atoms with Crippen molar-refractivity contribution in [3.8, 4) is 0 Å². The van der Waals surface area contributed by atoms with E-state index in [2.05, 4.69) is 0 Å². The molecular weight excluding hydrogens is 272 g/mol. The van der Waals surface area contributed by atoms with E-state index in [-0.39, 0.29) is 6.07 Å². The number of carbonyl (C=O) groups excluding carboxylic acids is 1. The summed E-state index contributed by atoms with van der Waals surface area (Å²) < 4.78 is 51.9. The number of urea groups is 1. The molecule has 1 atom stereocenters. The summed E-state index contributed by atoms with van der Waals surface area (Å²) in [7, 11) is 0. The molecule has 1 aromatic rings. The standard InChI is InChI=1S/C10H8F4N2O3/c1-3(9(17)18)15-10(19)16-8-6(13)4(11)2-5(12)7(8)14/h2-3H,1H3,(H,17,18)(H2,15,16,19). The summed E-state index contributed by atoms with van der Waals surface area (Å²) in [5, 5.41) is 11.8. The molecule has 0 radical (unpaired) electrons. The SMILES string of the molecule is CC(NC(=O)Nc1c(F)c(F)cc(F)c1F)C(=O)O. The number of carboxylic acid groups (broad SMARTS) is 1. The van der Waals surface area contributed by atoms with Gasteiger partial charge in [0.2, 0.25) is 0 Å². The maximum absolute atomic E-state index is 13.2. The van der Waals surface area contributed by atoms with E-state index in [4.69, 9.17) is 5.11 Å². The second-order valence-electron chi connectivity index (χ2n) is 3.50. The molecule has 9 heteroatoms. The van der Waals surface area contributed by atoms with Crippen LogP contribution in [0.4, 0.5) is 28.0 Å². The topological polar surface area (TPSA) is 78.4 Å². The molecule has 0 fully saturated rings. The lowest BCUT2D eigenvalue weighted by Crippen LogP contribution is -2.41. The summed E-state index contributed by atoms with van der Waals surface area (Å²) in [4.78, 5) is 21.6. The first kappa shape index (κ1) is 14.7. The van der Waals surface area contributed by atoms with Gasteiger partial charge in [0, 0.05) is 6.07 Å². The quantitative estimate of drug-likeness (QED) is 0.584. The largest absolute Gasteiger partial charge is 0.480 e. The maximum Gasteiger partial charge on any atom is 0.325 e. The van der Waals surface area contributed by atoms with E-state index >= 15 is 0 Å². The fourth-order valence-electron chi connectivity index (χ4n) is 1.09. The number of amides is 2. The Kier molecular flexibility index (Phi) is 4.30. The number of anilines is 1. The molecule has 0 aliphatic heterocycles. The molecule has 5 nitrogen and oxygen atoms in total. The molecule has 0 aromatic heterocycles. The van der Waals surface area contributed by atoms with Crippen LogP contribution in [-0.2, 0) is 4.79 Å². The highest BCUT2D eigenvalue weighted by atomic mass is 19.2. The van der Waals surface area contributed by atoms with E-state index in [0.717, 1.165) is 6.92 Å². The summed E-state index contributed by atoms with van der Waals surface area (Å²) >= 11 is 0. The zero-order valence-electron chi connectivity index (χ0n) is 9.43. The lowest BCUT2D eigenvalue weighted by atomic mass is 10.2. The molecular formula is C10H8F4N2O3. The van der Waals surface area contributed by atoms with Gasteiger partial charge in [0.1, 0.15) is 11.7 Å². The van der Waals surface area contributed by atoms with Crippen molar-refractivity contribution in [2.75, 3.05) is 5.32 Å². The summed E-state index contributed by atoms with van der Waals surface area (Å²) in [6.07, 6.45) is 0. The molecule has 0 saturated carbocycles. The average molecular weight is 280 g/mol. The number of hydrogen-bond donors (Lipinski definition) is 3. The van der Waals surface area contributed by atoms with Crippen molar-refractivity contribution in [3.05, 3.63) is 29.3 Å². The van der Waals surface area contributed by atoms with Crippen LogP contribution in [0.15, 0.2) is 6.07 Å². The van der Waals surface area contributed by atoms with Crippen molar-refractivity contribution in [2.24, 2.45) is 0 Å². The lowest BCUT2D eigenvalue weighted by Gasteiger charge is -2.12. The van der Waals surface area contributed by atoms with Crippen molar-refractivity contribution in [2.45, 2.75) is 13.0 Å². The molecule has 1 unspecified atom stereocenters. The maximum atomic E-state index is 13.2. The van der Waals surface area contributed by atoms with Gasteiger partial charge in [0.05, 0.1) is 0 Å². The van der Waals surface area contributed by atoms with Crippen molar-refractivity contribution in [1.82, 2.24) is 5.32 Å². The Hall–Kier alpha value is -2.32. The van der Waals surface area contributed by atoms with E-state index in [0.29, 0.717) is 0 Å². The smallest absolute Gasteiger partial charge is 0.325 e. The third-order valence-electron chi connectivity index (χ3n) is 2.07. The third kappa shape index (κ3) is 3.33. The fraction of sp³-hybridized carbons (Fsp3) is 0.200. The van der Waals surface area contributed by atoms with Crippen LogP contribution < -0.4 is 10.6 Å². The van der Waals surface area contributed by atoms with E-state index in [1.54, 1.807) is 5.32 Å². The van der Waals surface area contributed by atoms with E-state index in [9.17, 15) is 27.2 Å². The number of hydrogen-bond acceptors (Lipinski definition) is 2. The molecule has 0 spiro atoms. The van der Waals surface area contributed by atoms with Crippen molar-refractivity contribution in [3.63, 3.8) is 0 Å². The zero-order valence-corrected chi connectivity index (χ0v) is 9.43. The first-order valence-corrected chi connectivity index (χ1v) is 4.87. The molecule has 3 N–H and O–H groups in total. The van der Waals surface area contributed by atoms with Crippen LogP contribution in [0.1, 0.15) is 6.92 Å². The van der Waals surface area contributed by atoms with Gasteiger partial charge in [-0.25, -0.2) is 22.4 Å². The zero-order chi connectivity index (χ0) is 14.7. The predicted octanol–water partition coefficient (Wildman–Crippen LogP) is 1.84. The van der Waals surface area contributed by atoms with E-state index < -0.39 is 47.0 Å². The summed E-state index contributed by atoms with van der Waals surface area (Å²) in [6.45, 7) is 1.08. The predicted molar refractivity (Wildman–Crippen MR) is 55.5 cm³/mol. The highest BCUT2D eigenvalue weighted by Crippen LogP contribution is 2.23. The summed E-state index contributed by atoms with van der Waals surface area (Å²) in [5.41, 5.74) is -1.34. The number of benzene rings is 1. The normalized spacial score (nSPS) is 11.8. The van der Waals surface area contributed by atoms with Crippen LogP contribution in [0, 0.1) is 23.3 Å². The van der Waals surface area contributed by atoms with Gasteiger partial charge in [-0.05, 0) is 6.92 Å². The van der Waals surface area contributed by atoms with Crippen LogP contribution in [0.2, 0.25) is 0 Å². The molecule has 1 aromatic carbocycles. The van der Waals surface area contributed by atoms with Crippen molar-refractivity contribution < 1.29 is 32.3 Å². The lowest BCUT2D eigenvalue weighted by molar-refractivity contribution is -0.138. The van der Waals surface area contributed by atoms with E-state index in [1.807, 2.05) is 0 Å². The molecule has 1 rings (SSSR count). The number of carboxylic acids is 1. The Labute approximate surface area is 104 Å². The van der Waals surface area contributed by atoms with Crippen LogP contribution in [0.5, 0.6) is 0 Å². The monoisotopic (exact) mass is 280 g/mol. The second kappa shape index (κ2) is 5.55. The van der Waals surface area contributed by atoms with E-state index in [1.165, 1.54) is 5.32 Å². The molecule has 0 heterocycles. The van der Waals surface area contributed by atoms with Gasteiger partial charge in [0.15, 0.2) is 23.3 Å². The highest BCUT2D eigenvalue weighted by molar-refractivity contribution is 5.92. The first-order chi connectivity index (χ1) is 8.73. The summed E-state index contributed by atoms with van der Waals surface area (Å²) in [6, 6.07) is -2.70. The Morgan fingerprint density at radius 2 is 1.63 bits per heavy atom. The van der Waals surface area contributed by atoms with Gasteiger partial charge in [-0.3, -0.25) is 4.79 Å². The van der Waals surface area contributed by atoms with Gasteiger partial charge in [0.25, 0.3) is 0 Å². The first-order valence-electron chi connectivity index (χ1n) is 4.87. The number of halogens is 4. The third-order valence-corrected chi connectivity index (χ3v) is 2.07. The van der Waals surface area contributed by atoms with Gasteiger partial charge in [-0.1, -0.05) is 0 Å². The van der Waals surface area contributed by atoms with Gasteiger partial charge >= 0.3 is 12.0 Å². The minimum atomic E-state index is -1.79. The minimum Gasteiger partial charge on any atom is -0.480 e.